The molecule has 0 aliphatic carbocycles. The lowest BCUT2D eigenvalue weighted by molar-refractivity contribution is -0.119. The van der Waals surface area contributed by atoms with Gasteiger partial charge in [-0.05, 0) is 29.8 Å². The lowest BCUT2D eigenvalue weighted by Gasteiger charge is -2.11. The van der Waals surface area contributed by atoms with Gasteiger partial charge in [-0.3, -0.25) is 14.6 Å². The number of nitrogens with one attached hydrogen (secondary N) is 1. The van der Waals surface area contributed by atoms with Gasteiger partial charge in [0.05, 0.1) is 12.5 Å². The van der Waals surface area contributed by atoms with Crippen molar-refractivity contribution >= 4 is 17.5 Å². The Hall–Kier alpha value is -2.73. The predicted molar refractivity (Wildman–Crippen MR) is 77.4 cm³/mol. The number of carbonyl (C=O) groups excluding carboxylic acids is 2. The van der Waals surface area contributed by atoms with Crippen molar-refractivity contribution in [1.29, 1.82) is 0 Å². The Kier molecular flexibility index (Phi) is 4.63. The highest BCUT2D eigenvalue weighted by Crippen LogP contribution is 2.20. The van der Waals surface area contributed by atoms with Crippen LogP contribution in [0.1, 0.15) is 28.6 Å². The summed E-state index contributed by atoms with van der Waals surface area (Å²) in [6.07, 6.45) is 0.369. The Morgan fingerprint density at radius 2 is 2.05 bits per heavy atom. The van der Waals surface area contributed by atoms with E-state index < -0.39 is 12.0 Å². The summed E-state index contributed by atoms with van der Waals surface area (Å²) >= 11 is 0. The van der Waals surface area contributed by atoms with Gasteiger partial charge in [-0.15, -0.1) is 0 Å². The van der Waals surface area contributed by atoms with E-state index in [9.17, 15) is 14.7 Å². The first-order chi connectivity index (χ1) is 10.1. The topological polar surface area (TPSA) is 105 Å². The van der Waals surface area contributed by atoms with Gasteiger partial charge in [-0.25, -0.2) is 0 Å². The molecule has 0 aliphatic rings. The van der Waals surface area contributed by atoms with Gasteiger partial charge in [0.15, 0.2) is 0 Å². The van der Waals surface area contributed by atoms with Crippen LogP contribution in [0, 0.1) is 0 Å². The molecule has 1 atom stereocenters. The largest absolute Gasteiger partial charge is 0.388 e. The van der Waals surface area contributed by atoms with Crippen LogP contribution in [0.4, 0.5) is 5.69 Å². The molecule has 0 saturated heterocycles. The number of aliphatic hydroxyl groups is 1. The molecule has 0 radical (unpaired) electrons. The van der Waals surface area contributed by atoms with Gasteiger partial charge in [0.1, 0.15) is 5.69 Å². The van der Waals surface area contributed by atoms with Gasteiger partial charge in [0.25, 0.3) is 5.91 Å². The zero-order chi connectivity index (χ0) is 15.2. The maximum Gasteiger partial charge on any atom is 0.274 e. The van der Waals surface area contributed by atoms with Crippen molar-refractivity contribution in [3.8, 4) is 0 Å². The number of nitrogens with zero attached hydrogens (tertiary/aromatic N) is 1. The minimum absolute atomic E-state index is 0.169. The maximum atomic E-state index is 12.0. The van der Waals surface area contributed by atoms with E-state index in [4.69, 9.17) is 5.73 Å². The number of carbonyl (C=O) groups is 2. The van der Waals surface area contributed by atoms with Crippen molar-refractivity contribution in [3.05, 3.63) is 59.9 Å². The van der Waals surface area contributed by atoms with Crippen LogP contribution in [-0.4, -0.2) is 21.9 Å². The van der Waals surface area contributed by atoms with Crippen LogP contribution in [0.25, 0.3) is 0 Å². The first-order valence-electron chi connectivity index (χ1n) is 6.35. The van der Waals surface area contributed by atoms with Crippen LogP contribution in [0.5, 0.6) is 0 Å². The van der Waals surface area contributed by atoms with Gasteiger partial charge in [0.2, 0.25) is 5.91 Å². The van der Waals surface area contributed by atoms with E-state index in [0.29, 0.717) is 16.9 Å². The van der Waals surface area contributed by atoms with E-state index >= 15 is 0 Å². The van der Waals surface area contributed by atoms with Crippen molar-refractivity contribution in [1.82, 2.24) is 4.98 Å². The first-order valence-corrected chi connectivity index (χ1v) is 6.35. The summed E-state index contributed by atoms with van der Waals surface area (Å²) in [7, 11) is 0. The molecule has 0 saturated carbocycles. The van der Waals surface area contributed by atoms with Crippen LogP contribution in [-0.2, 0) is 4.79 Å². The van der Waals surface area contributed by atoms with Gasteiger partial charge in [-0.1, -0.05) is 18.2 Å². The highest BCUT2D eigenvalue weighted by molar-refractivity contribution is 6.02. The second-order valence-corrected chi connectivity index (χ2v) is 4.48. The molecule has 2 amide bonds. The summed E-state index contributed by atoms with van der Waals surface area (Å²) in [5, 5.41) is 12.5. The molecule has 1 heterocycles. The molecule has 21 heavy (non-hydrogen) atoms. The highest BCUT2D eigenvalue weighted by atomic mass is 16.3. The standard InChI is InChI=1S/C15H15N3O3/c16-14(20)9-13(19)10-4-3-5-11(8-10)18-15(21)12-6-1-2-7-17-12/h1-8,13,19H,9H2,(H2,16,20)(H,18,21). The lowest BCUT2D eigenvalue weighted by Crippen LogP contribution is -2.16. The molecule has 2 aromatic rings. The number of nitrogens with two attached hydrogens (primary N) is 1. The number of pyridine rings is 1. The molecule has 4 N–H and O–H groups in total. The van der Waals surface area contributed by atoms with Crippen molar-refractivity contribution in [2.24, 2.45) is 5.73 Å². The predicted octanol–water partition coefficient (Wildman–Crippen LogP) is 1.24. The average molecular weight is 285 g/mol. The van der Waals surface area contributed by atoms with Crippen molar-refractivity contribution in [3.63, 3.8) is 0 Å². The Bertz CT molecular complexity index is 644. The molecular weight excluding hydrogens is 270 g/mol. The summed E-state index contributed by atoms with van der Waals surface area (Å²) < 4.78 is 0. The van der Waals surface area contributed by atoms with Gasteiger partial charge in [0, 0.05) is 11.9 Å². The fraction of sp³-hybridized carbons (Fsp3) is 0.133. The van der Waals surface area contributed by atoms with Crippen LogP contribution in [0.2, 0.25) is 0 Å². The zero-order valence-electron chi connectivity index (χ0n) is 11.2. The maximum absolute atomic E-state index is 12.0. The van der Waals surface area contributed by atoms with E-state index in [1.54, 1.807) is 42.5 Å². The van der Waals surface area contributed by atoms with Crippen molar-refractivity contribution < 1.29 is 14.7 Å². The quantitative estimate of drug-likeness (QED) is 0.768. The van der Waals surface area contributed by atoms with Crippen LogP contribution in [0.3, 0.4) is 0 Å². The number of primary amides is 1. The minimum atomic E-state index is -0.991. The molecule has 1 unspecified atom stereocenters. The van der Waals surface area contributed by atoms with Crippen molar-refractivity contribution in [2.75, 3.05) is 5.32 Å². The van der Waals surface area contributed by atoms with Gasteiger partial charge < -0.3 is 16.2 Å². The monoisotopic (exact) mass is 285 g/mol. The third-order valence-electron chi connectivity index (χ3n) is 2.82. The Morgan fingerprint density at radius 1 is 1.24 bits per heavy atom. The molecule has 1 aromatic carbocycles. The van der Waals surface area contributed by atoms with E-state index in [-0.39, 0.29) is 12.3 Å². The van der Waals surface area contributed by atoms with Crippen LogP contribution in [0.15, 0.2) is 48.7 Å². The Balaban J connectivity index is 2.11. The number of anilines is 1. The fourth-order valence-corrected chi connectivity index (χ4v) is 1.82. The second kappa shape index (κ2) is 6.62. The fourth-order valence-electron chi connectivity index (χ4n) is 1.82. The first kappa shape index (κ1) is 14.7. The summed E-state index contributed by atoms with van der Waals surface area (Å²) in [6.45, 7) is 0. The number of aromatic nitrogens is 1. The molecule has 1 aromatic heterocycles. The third kappa shape index (κ3) is 4.12. The zero-order valence-corrected chi connectivity index (χ0v) is 11.2. The molecular formula is C15H15N3O3. The smallest absolute Gasteiger partial charge is 0.274 e. The molecule has 6 nitrogen and oxygen atoms in total. The summed E-state index contributed by atoms with van der Waals surface area (Å²) in [5.41, 5.74) is 6.35. The summed E-state index contributed by atoms with van der Waals surface area (Å²) in [6, 6.07) is 11.6. The SMILES string of the molecule is NC(=O)CC(O)c1cccc(NC(=O)c2ccccn2)c1. The molecule has 0 aliphatic heterocycles. The average Bonchev–Trinajstić information content (AvgIpc) is 2.47. The molecule has 0 bridgehead atoms. The number of hydrogen-bond donors (Lipinski definition) is 3. The summed E-state index contributed by atoms with van der Waals surface area (Å²) in [4.78, 5) is 26.7. The van der Waals surface area contributed by atoms with E-state index in [0.717, 1.165) is 0 Å². The van der Waals surface area contributed by atoms with Crippen LogP contribution >= 0.6 is 0 Å². The molecule has 108 valence electrons. The van der Waals surface area contributed by atoms with Gasteiger partial charge >= 0.3 is 0 Å². The van der Waals surface area contributed by atoms with Crippen molar-refractivity contribution in [2.45, 2.75) is 12.5 Å². The normalized spacial score (nSPS) is 11.7. The molecule has 0 spiro atoms. The lowest BCUT2D eigenvalue weighted by atomic mass is 10.1. The van der Waals surface area contributed by atoms with E-state index in [1.807, 2.05) is 0 Å². The Morgan fingerprint density at radius 3 is 2.71 bits per heavy atom. The third-order valence-corrected chi connectivity index (χ3v) is 2.82. The number of hydrogen-bond acceptors (Lipinski definition) is 4. The number of benzene rings is 1. The number of amides is 2. The highest BCUT2D eigenvalue weighted by Gasteiger charge is 2.12. The molecule has 0 fully saturated rings. The minimum Gasteiger partial charge on any atom is -0.388 e. The number of aliphatic hydroxyl groups excluding tert-OH is 1. The Labute approximate surface area is 121 Å². The molecule has 2 rings (SSSR count). The van der Waals surface area contributed by atoms with E-state index in [1.165, 1.54) is 6.20 Å². The molecule has 6 heteroatoms. The summed E-state index contributed by atoms with van der Waals surface area (Å²) in [5.74, 6) is -0.942. The number of rotatable bonds is 5. The second-order valence-electron chi connectivity index (χ2n) is 4.48. The van der Waals surface area contributed by atoms with Gasteiger partial charge in [-0.2, -0.15) is 0 Å². The van der Waals surface area contributed by atoms with Crippen LogP contribution < -0.4 is 11.1 Å². The van der Waals surface area contributed by atoms with E-state index in [2.05, 4.69) is 10.3 Å².